The number of fused-ring (bicyclic) bond motifs is 1. The van der Waals surface area contributed by atoms with Crippen LogP contribution in [0.5, 0.6) is 17.2 Å². The van der Waals surface area contributed by atoms with Crippen LogP contribution >= 0.6 is 11.8 Å². The summed E-state index contributed by atoms with van der Waals surface area (Å²) >= 11 is 1.92. The van der Waals surface area contributed by atoms with E-state index >= 15 is 0 Å². The molecule has 10 heteroatoms. The number of ether oxygens (including phenoxy) is 4. The van der Waals surface area contributed by atoms with Gasteiger partial charge in [0.25, 0.3) is 0 Å². The zero-order valence-corrected chi connectivity index (χ0v) is 18.8. The van der Waals surface area contributed by atoms with Gasteiger partial charge in [-0.25, -0.2) is 10.4 Å². The molecular weight excluding hydrogens is 418 g/mol. The fourth-order valence-electron chi connectivity index (χ4n) is 3.64. The summed E-state index contributed by atoms with van der Waals surface area (Å²) < 4.78 is 21.7. The first-order valence-electron chi connectivity index (χ1n) is 10.1. The Balaban J connectivity index is 1.57. The maximum Gasteiger partial charge on any atom is 0.245 e. The van der Waals surface area contributed by atoms with E-state index in [1.165, 1.54) is 5.56 Å². The quantitative estimate of drug-likeness (QED) is 0.510. The Morgan fingerprint density at radius 1 is 1.10 bits per heavy atom. The molecule has 0 saturated carbocycles. The van der Waals surface area contributed by atoms with Gasteiger partial charge >= 0.3 is 0 Å². The number of hydrazone groups is 1. The summed E-state index contributed by atoms with van der Waals surface area (Å²) in [4.78, 5) is 11.8. The molecule has 0 spiro atoms. The van der Waals surface area contributed by atoms with Gasteiger partial charge in [-0.1, -0.05) is 0 Å². The molecule has 3 heterocycles. The molecule has 0 radical (unpaired) electrons. The summed E-state index contributed by atoms with van der Waals surface area (Å²) in [6.07, 6.45) is 2.61. The van der Waals surface area contributed by atoms with Crippen LogP contribution < -0.4 is 24.5 Å². The first kappa shape index (κ1) is 21.5. The second-order valence-corrected chi connectivity index (χ2v) is 8.13. The van der Waals surface area contributed by atoms with Crippen molar-refractivity contribution in [2.24, 2.45) is 5.10 Å². The number of benzene rings is 1. The third-order valence-corrected chi connectivity index (χ3v) is 6.16. The fraction of sp³-hybridized carbons (Fsp3) is 0.476. The average molecular weight is 446 g/mol. The highest BCUT2D eigenvalue weighted by molar-refractivity contribution is 7.98. The van der Waals surface area contributed by atoms with Crippen molar-refractivity contribution < 1.29 is 18.9 Å². The fourth-order valence-corrected chi connectivity index (χ4v) is 4.62. The first-order valence-corrected chi connectivity index (χ1v) is 11.3. The van der Waals surface area contributed by atoms with Gasteiger partial charge in [0.15, 0.2) is 11.5 Å². The molecule has 0 aliphatic carbocycles. The second kappa shape index (κ2) is 10.1. The number of rotatable bonds is 7. The Bertz CT molecular complexity index is 925. The average Bonchev–Trinajstić information content (AvgIpc) is 2.83. The summed E-state index contributed by atoms with van der Waals surface area (Å²) in [6.45, 7) is 3.10. The van der Waals surface area contributed by atoms with Crippen molar-refractivity contribution in [2.75, 3.05) is 63.7 Å². The largest absolute Gasteiger partial charge is 0.493 e. The molecule has 9 nitrogen and oxygen atoms in total. The van der Waals surface area contributed by atoms with E-state index in [2.05, 4.69) is 15.4 Å². The predicted octanol–water partition coefficient (Wildman–Crippen LogP) is 2.57. The minimum Gasteiger partial charge on any atom is -0.493 e. The molecule has 31 heavy (non-hydrogen) atoms. The smallest absolute Gasteiger partial charge is 0.245 e. The zero-order valence-electron chi connectivity index (χ0n) is 18.0. The summed E-state index contributed by atoms with van der Waals surface area (Å²) in [5, 5.41) is 4.35. The number of nitrogens with zero attached hydrogens (tertiary/aromatic N) is 4. The lowest BCUT2D eigenvalue weighted by molar-refractivity contribution is 0.122. The van der Waals surface area contributed by atoms with E-state index < -0.39 is 0 Å². The molecule has 2 aromatic rings. The lowest BCUT2D eigenvalue weighted by Gasteiger charge is -2.31. The summed E-state index contributed by atoms with van der Waals surface area (Å²) in [7, 11) is 4.75. The topological polar surface area (TPSA) is 90.3 Å². The Labute approximate surface area is 186 Å². The normalized spacial score (nSPS) is 16.2. The molecular formula is C21H27N5O4S. The Hall–Kier alpha value is -2.72. The van der Waals surface area contributed by atoms with Gasteiger partial charge in [0, 0.05) is 30.0 Å². The lowest BCUT2D eigenvalue weighted by Crippen LogP contribution is -2.38. The van der Waals surface area contributed by atoms with Crippen LogP contribution in [0.2, 0.25) is 0 Å². The van der Waals surface area contributed by atoms with Crippen LogP contribution in [0.3, 0.4) is 0 Å². The highest BCUT2D eigenvalue weighted by Gasteiger charge is 2.23. The molecule has 166 valence electrons. The van der Waals surface area contributed by atoms with E-state index in [1.807, 2.05) is 23.9 Å². The molecule has 1 fully saturated rings. The van der Waals surface area contributed by atoms with Gasteiger partial charge in [-0.05, 0) is 24.3 Å². The van der Waals surface area contributed by atoms with Gasteiger partial charge in [-0.3, -0.25) is 0 Å². The molecule has 2 aliphatic heterocycles. The zero-order chi connectivity index (χ0) is 21.6. The minimum atomic E-state index is 0.496. The molecule has 0 atom stereocenters. The summed E-state index contributed by atoms with van der Waals surface area (Å²) in [5.41, 5.74) is 6.12. The van der Waals surface area contributed by atoms with Crippen molar-refractivity contribution in [3.05, 3.63) is 29.0 Å². The molecule has 2 aliphatic rings. The number of aromatic nitrogens is 2. The standard InChI is InChI=1S/C21H27N5O4S/c1-27-17-10-14(11-18(28-2)19(17)29-3)12-22-25-21-23-16-4-9-31-13-15(16)20(24-21)26-5-7-30-8-6-26/h10-12H,4-9,13H2,1-3H3,(H,23,24,25)/b22-12+. The maximum atomic E-state index is 5.50. The molecule has 4 rings (SSSR count). The van der Waals surface area contributed by atoms with Crippen LogP contribution in [-0.2, 0) is 16.9 Å². The predicted molar refractivity (Wildman–Crippen MR) is 122 cm³/mol. The maximum absolute atomic E-state index is 5.50. The number of methoxy groups -OCH3 is 3. The van der Waals surface area contributed by atoms with Crippen LogP contribution in [0.4, 0.5) is 11.8 Å². The van der Waals surface area contributed by atoms with Crippen LogP contribution in [-0.4, -0.2) is 69.6 Å². The van der Waals surface area contributed by atoms with E-state index in [0.29, 0.717) is 36.4 Å². The molecule has 0 amide bonds. The molecule has 0 unspecified atom stereocenters. The van der Waals surface area contributed by atoms with Gasteiger partial charge in [0.05, 0.1) is 46.5 Å². The van der Waals surface area contributed by atoms with Gasteiger partial charge < -0.3 is 23.8 Å². The SMILES string of the molecule is COc1cc(/C=N/Nc2nc3c(c(N4CCOCC4)n2)CSCC3)cc(OC)c1OC. The number of hydrogen-bond acceptors (Lipinski definition) is 10. The number of anilines is 2. The van der Waals surface area contributed by atoms with Crippen molar-refractivity contribution >= 4 is 29.7 Å². The van der Waals surface area contributed by atoms with Crippen molar-refractivity contribution in [1.82, 2.24) is 9.97 Å². The highest BCUT2D eigenvalue weighted by Crippen LogP contribution is 2.37. The van der Waals surface area contributed by atoms with Gasteiger partial charge in [-0.2, -0.15) is 21.8 Å². The van der Waals surface area contributed by atoms with E-state index in [0.717, 1.165) is 48.1 Å². The van der Waals surface area contributed by atoms with Crippen molar-refractivity contribution in [3.8, 4) is 17.2 Å². The second-order valence-electron chi connectivity index (χ2n) is 7.03. The summed E-state index contributed by atoms with van der Waals surface area (Å²) in [6, 6.07) is 3.66. The number of hydrogen-bond donors (Lipinski definition) is 1. The Morgan fingerprint density at radius 3 is 2.52 bits per heavy atom. The Morgan fingerprint density at radius 2 is 1.84 bits per heavy atom. The van der Waals surface area contributed by atoms with Gasteiger partial charge in [0.2, 0.25) is 11.7 Å². The lowest BCUT2D eigenvalue weighted by atomic mass is 10.1. The van der Waals surface area contributed by atoms with Crippen LogP contribution in [0.25, 0.3) is 0 Å². The number of thioether (sulfide) groups is 1. The minimum absolute atomic E-state index is 0.496. The number of morpholine rings is 1. The van der Waals surface area contributed by atoms with Gasteiger partial charge in [0.1, 0.15) is 5.82 Å². The molecule has 1 aromatic heterocycles. The summed E-state index contributed by atoms with van der Waals surface area (Å²) in [5.74, 6) is 5.18. The van der Waals surface area contributed by atoms with E-state index in [4.69, 9.17) is 28.9 Å². The van der Waals surface area contributed by atoms with Crippen molar-refractivity contribution in [3.63, 3.8) is 0 Å². The van der Waals surface area contributed by atoms with Gasteiger partial charge in [-0.15, -0.1) is 0 Å². The number of nitrogens with one attached hydrogen (secondary N) is 1. The van der Waals surface area contributed by atoms with Crippen LogP contribution in [0, 0.1) is 0 Å². The van der Waals surface area contributed by atoms with Crippen LogP contribution in [0.1, 0.15) is 16.8 Å². The molecule has 1 saturated heterocycles. The van der Waals surface area contributed by atoms with E-state index in [1.54, 1.807) is 27.5 Å². The number of aryl methyl sites for hydroxylation is 1. The molecule has 1 N–H and O–H groups in total. The van der Waals surface area contributed by atoms with E-state index in [-0.39, 0.29) is 0 Å². The first-order chi connectivity index (χ1) is 15.2. The Kier molecular flexibility index (Phi) is 6.98. The monoisotopic (exact) mass is 445 g/mol. The third-order valence-electron chi connectivity index (χ3n) is 5.18. The van der Waals surface area contributed by atoms with Crippen molar-refractivity contribution in [2.45, 2.75) is 12.2 Å². The highest BCUT2D eigenvalue weighted by atomic mass is 32.2. The van der Waals surface area contributed by atoms with Crippen molar-refractivity contribution in [1.29, 1.82) is 0 Å². The molecule has 1 aromatic carbocycles. The third kappa shape index (κ3) is 4.80. The molecule has 0 bridgehead atoms. The van der Waals surface area contributed by atoms with Crippen LogP contribution in [0.15, 0.2) is 17.2 Å². The van der Waals surface area contributed by atoms with E-state index in [9.17, 15) is 0 Å².